The predicted octanol–water partition coefficient (Wildman–Crippen LogP) is 0.480. The van der Waals surface area contributed by atoms with Gasteiger partial charge in [-0.1, -0.05) is 6.07 Å². The Labute approximate surface area is 110 Å². The fourth-order valence-electron chi connectivity index (χ4n) is 1.51. The lowest BCUT2D eigenvalue weighted by atomic mass is 10.3. The van der Waals surface area contributed by atoms with E-state index in [0.29, 0.717) is 11.4 Å². The summed E-state index contributed by atoms with van der Waals surface area (Å²) in [6, 6.07) is 5.09. The van der Waals surface area contributed by atoms with Gasteiger partial charge >= 0.3 is 0 Å². The van der Waals surface area contributed by atoms with Crippen molar-refractivity contribution in [2.45, 2.75) is 20.1 Å². The smallest absolute Gasteiger partial charge is 0.283 e. The van der Waals surface area contributed by atoms with Crippen molar-refractivity contribution in [1.29, 1.82) is 0 Å². The summed E-state index contributed by atoms with van der Waals surface area (Å²) in [6.07, 6.45) is 3.44. The monoisotopic (exact) mass is 261 g/mol. The molecule has 0 spiro atoms. The van der Waals surface area contributed by atoms with Crippen LogP contribution in [0.25, 0.3) is 0 Å². The van der Waals surface area contributed by atoms with Gasteiger partial charge in [0, 0.05) is 6.54 Å². The Hall–Kier alpha value is -2.41. The van der Waals surface area contributed by atoms with E-state index < -0.39 is 5.91 Å². The standard InChI is InChI=1S/C12H15N5O2/c1-2-17-7-10(6-14-17)19-8-9-4-3-5-11(15-9)12(18)16-13/h3-7H,2,8,13H2,1H3,(H,16,18). The second-order valence-electron chi connectivity index (χ2n) is 3.81. The minimum Gasteiger partial charge on any atom is -0.484 e. The van der Waals surface area contributed by atoms with Crippen LogP contribution < -0.4 is 16.0 Å². The zero-order valence-corrected chi connectivity index (χ0v) is 10.5. The van der Waals surface area contributed by atoms with Crippen molar-refractivity contribution in [3.63, 3.8) is 0 Å². The molecule has 0 bridgehead atoms. The van der Waals surface area contributed by atoms with Gasteiger partial charge in [0.1, 0.15) is 12.3 Å². The highest BCUT2D eigenvalue weighted by Gasteiger charge is 2.06. The first kappa shape index (κ1) is 13.0. The molecule has 3 N–H and O–H groups in total. The van der Waals surface area contributed by atoms with Crippen molar-refractivity contribution in [2.24, 2.45) is 5.84 Å². The molecular formula is C12H15N5O2. The minimum atomic E-state index is -0.430. The summed E-state index contributed by atoms with van der Waals surface area (Å²) in [4.78, 5) is 15.5. The summed E-state index contributed by atoms with van der Waals surface area (Å²) in [7, 11) is 0. The molecule has 2 aromatic rings. The maximum absolute atomic E-state index is 11.3. The van der Waals surface area contributed by atoms with E-state index in [0.717, 1.165) is 6.54 Å². The molecule has 100 valence electrons. The van der Waals surface area contributed by atoms with Crippen molar-refractivity contribution in [3.8, 4) is 5.75 Å². The Kier molecular flexibility index (Phi) is 4.09. The summed E-state index contributed by atoms with van der Waals surface area (Å²) < 4.78 is 7.30. The van der Waals surface area contributed by atoms with Crippen LogP contribution in [0.15, 0.2) is 30.6 Å². The van der Waals surface area contributed by atoms with Gasteiger partial charge in [0.25, 0.3) is 5.91 Å². The van der Waals surface area contributed by atoms with Gasteiger partial charge in [0.05, 0.1) is 18.1 Å². The van der Waals surface area contributed by atoms with Gasteiger partial charge in [0.15, 0.2) is 5.75 Å². The Morgan fingerprint density at radius 1 is 1.53 bits per heavy atom. The summed E-state index contributed by atoms with van der Waals surface area (Å²) in [5, 5.41) is 4.10. The lowest BCUT2D eigenvalue weighted by Gasteiger charge is -2.04. The molecule has 0 aromatic carbocycles. The largest absolute Gasteiger partial charge is 0.484 e. The summed E-state index contributed by atoms with van der Waals surface area (Å²) in [5.74, 6) is 5.29. The van der Waals surface area contributed by atoms with Gasteiger partial charge < -0.3 is 4.74 Å². The van der Waals surface area contributed by atoms with Gasteiger partial charge in [-0.25, -0.2) is 10.8 Å². The van der Waals surface area contributed by atoms with Crippen LogP contribution in [0.3, 0.4) is 0 Å². The third-order valence-corrected chi connectivity index (χ3v) is 2.49. The Morgan fingerprint density at radius 3 is 3.05 bits per heavy atom. The maximum Gasteiger partial charge on any atom is 0.283 e. The lowest BCUT2D eigenvalue weighted by molar-refractivity contribution is 0.0948. The number of hydrogen-bond acceptors (Lipinski definition) is 5. The molecule has 0 saturated carbocycles. The van der Waals surface area contributed by atoms with Gasteiger partial charge in [-0.2, -0.15) is 5.10 Å². The quantitative estimate of drug-likeness (QED) is 0.464. The van der Waals surface area contributed by atoms with E-state index in [-0.39, 0.29) is 12.3 Å². The third kappa shape index (κ3) is 3.29. The summed E-state index contributed by atoms with van der Waals surface area (Å²) in [5.41, 5.74) is 2.94. The van der Waals surface area contributed by atoms with Crippen LogP contribution >= 0.6 is 0 Å². The Morgan fingerprint density at radius 2 is 2.37 bits per heavy atom. The molecule has 7 heteroatoms. The first-order valence-corrected chi connectivity index (χ1v) is 5.85. The van der Waals surface area contributed by atoms with E-state index in [1.54, 1.807) is 35.3 Å². The van der Waals surface area contributed by atoms with Gasteiger partial charge in [0.2, 0.25) is 0 Å². The number of nitrogens with one attached hydrogen (secondary N) is 1. The normalized spacial score (nSPS) is 10.2. The van der Waals surface area contributed by atoms with Crippen LogP contribution in [0.5, 0.6) is 5.75 Å². The molecule has 2 rings (SSSR count). The molecule has 2 aromatic heterocycles. The maximum atomic E-state index is 11.3. The fourth-order valence-corrected chi connectivity index (χ4v) is 1.51. The zero-order valence-electron chi connectivity index (χ0n) is 10.5. The second kappa shape index (κ2) is 5.96. The average Bonchev–Trinajstić information content (AvgIpc) is 2.92. The molecule has 0 aliphatic heterocycles. The number of hydrogen-bond donors (Lipinski definition) is 2. The number of nitrogens with zero attached hydrogens (tertiary/aromatic N) is 3. The Balaban J connectivity index is 2.01. The van der Waals surface area contributed by atoms with E-state index in [4.69, 9.17) is 10.6 Å². The van der Waals surface area contributed by atoms with Crippen LogP contribution in [0.1, 0.15) is 23.1 Å². The fraction of sp³-hybridized carbons (Fsp3) is 0.250. The van der Waals surface area contributed by atoms with Crippen molar-refractivity contribution in [3.05, 3.63) is 42.0 Å². The molecule has 0 radical (unpaired) electrons. The number of ether oxygens (including phenoxy) is 1. The van der Waals surface area contributed by atoms with E-state index in [2.05, 4.69) is 10.1 Å². The molecule has 7 nitrogen and oxygen atoms in total. The van der Waals surface area contributed by atoms with E-state index >= 15 is 0 Å². The molecule has 0 atom stereocenters. The third-order valence-electron chi connectivity index (χ3n) is 2.49. The van der Waals surface area contributed by atoms with Crippen molar-refractivity contribution < 1.29 is 9.53 Å². The minimum absolute atomic E-state index is 0.257. The Bertz CT molecular complexity index is 567. The number of aromatic nitrogens is 3. The zero-order chi connectivity index (χ0) is 13.7. The van der Waals surface area contributed by atoms with Crippen molar-refractivity contribution in [1.82, 2.24) is 20.2 Å². The predicted molar refractivity (Wildman–Crippen MR) is 68.1 cm³/mol. The van der Waals surface area contributed by atoms with Crippen LogP contribution in [0.2, 0.25) is 0 Å². The highest BCUT2D eigenvalue weighted by molar-refractivity contribution is 5.91. The van der Waals surface area contributed by atoms with Crippen molar-refractivity contribution in [2.75, 3.05) is 0 Å². The molecule has 0 aliphatic carbocycles. The van der Waals surface area contributed by atoms with Gasteiger partial charge in [-0.3, -0.25) is 14.9 Å². The molecule has 19 heavy (non-hydrogen) atoms. The van der Waals surface area contributed by atoms with Gasteiger partial charge in [-0.05, 0) is 19.1 Å². The number of carbonyl (C=O) groups excluding carboxylic acids is 1. The number of carbonyl (C=O) groups is 1. The second-order valence-corrected chi connectivity index (χ2v) is 3.81. The number of nitrogens with two attached hydrogens (primary N) is 1. The van der Waals surface area contributed by atoms with E-state index in [1.165, 1.54) is 0 Å². The highest BCUT2D eigenvalue weighted by Crippen LogP contribution is 2.10. The van der Waals surface area contributed by atoms with Crippen molar-refractivity contribution >= 4 is 5.91 Å². The molecule has 0 unspecified atom stereocenters. The van der Waals surface area contributed by atoms with E-state index in [1.807, 2.05) is 12.3 Å². The molecule has 1 amide bonds. The van der Waals surface area contributed by atoms with Gasteiger partial charge in [-0.15, -0.1) is 0 Å². The summed E-state index contributed by atoms with van der Waals surface area (Å²) in [6.45, 7) is 3.04. The molecule has 0 aliphatic rings. The molecule has 0 saturated heterocycles. The first-order valence-electron chi connectivity index (χ1n) is 5.85. The number of rotatable bonds is 5. The van der Waals surface area contributed by atoms with Crippen LogP contribution in [0.4, 0.5) is 0 Å². The number of nitrogen functional groups attached to an aromatic ring is 1. The molecule has 2 heterocycles. The summed E-state index contributed by atoms with van der Waals surface area (Å²) >= 11 is 0. The average molecular weight is 261 g/mol. The number of aryl methyl sites for hydroxylation is 1. The molecule has 0 fully saturated rings. The van der Waals surface area contributed by atoms with Crippen LogP contribution in [-0.2, 0) is 13.2 Å². The SMILES string of the molecule is CCn1cc(OCc2cccc(C(=O)NN)n2)cn1. The van der Waals surface area contributed by atoms with E-state index in [9.17, 15) is 4.79 Å². The lowest BCUT2D eigenvalue weighted by Crippen LogP contribution is -2.30. The molecular weight excluding hydrogens is 246 g/mol. The van der Waals surface area contributed by atoms with Crippen LogP contribution in [0, 0.1) is 0 Å². The number of hydrazine groups is 1. The topological polar surface area (TPSA) is 95.1 Å². The first-order chi connectivity index (χ1) is 9.22. The van der Waals surface area contributed by atoms with Crippen LogP contribution in [-0.4, -0.2) is 20.7 Å². The highest BCUT2D eigenvalue weighted by atomic mass is 16.5. The number of pyridine rings is 1. The number of amides is 1.